The molecule has 0 amide bonds. The Kier molecular flexibility index (Phi) is 2.46. The predicted molar refractivity (Wildman–Crippen MR) is 83.9 cm³/mol. The molecular weight excluding hydrogens is 294 g/mol. The normalized spacial score (nSPS) is 43.0. The molecule has 5 nitrogen and oxygen atoms in total. The molecule has 0 unspecified atom stereocenters. The van der Waals surface area contributed by atoms with Crippen molar-refractivity contribution in [2.45, 2.75) is 42.1 Å². The maximum Gasteiger partial charge on any atom is 0.166 e. The van der Waals surface area contributed by atoms with E-state index in [1.807, 2.05) is 18.2 Å². The van der Waals surface area contributed by atoms with Crippen molar-refractivity contribution >= 4 is 0 Å². The van der Waals surface area contributed by atoms with Crippen LogP contribution < -0.4 is 9.47 Å². The van der Waals surface area contributed by atoms with Gasteiger partial charge in [0.1, 0.15) is 12.2 Å². The van der Waals surface area contributed by atoms with Crippen LogP contribution in [0.25, 0.3) is 0 Å². The zero-order valence-electron chi connectivity index (χ0n) is 13.3. The van der Waals surface area contributed by atoms with E-state index < -0.39 is 23.2 Å². The minimum Gasteiger partial charge on any atom is -0.493 e. The first-order chi connectivity index (χ1) is 11.1. The number of aliphatic hydroxyl groups is 2. The van der Waals surface area contributed by atoms with Gasteiger partial charge in [-0.1, -0.05) is 18.2 Å². The molecule has 2 aliphatic heterocycles. The molecule has 1 spiro atoms. The van der Waals surface area contributed by atoms with Gasteiger partial charge in [0.25, 0.3) is 0 Å². The number of methoxy groups -OCH3 is 1. The van der Waals surface area contributed by atoms with Crippen molar-refractivity contribution in [3.63, 3.8) is 0 Å². The molecular formula is C18H21NO4. The Morgan fingerprint density at radius 1 is 1.35 bits per heavy atom. The van der Waals surface area contributed by atoms with E-state index in [2.05, 4.69) is 11.9 Å². The van der Waals surface area contributed by atoms with Crippen molar-refractivity contribution < 1.29 is 19.7 Å². The Morgan fingerprint density at radius 3 is 2.96 bits per heavy atom. The second-order valence-corrected chi connectivity index (χ2v) is 7.21. The molecule has 122 valence electrons. The van der Waals surface area contributed by atoms with Gasteiger partial charge in [-0.3, -0.25) is 4.90 Å². The zero-order chi connectivity index (χ0) is 16.0. The van der Waals surface area contributed by atoms with E-state index in [9.17, 15) is 10.2 Å². The second kappa shape index (κ2) is 4.09. The Morgan fingerprint density at radius 2 is 2.17 bits per heavy atom. The highest BCUT2D eigenvalue weighted by Gasteiger charge is 2.73. The Balaban J connectivity index is 1.89. The number of nitrogens with zero attached hydrogens (tertiary/aromatic N) is 1. The van der Waals surface area contributed by atoms with Crippen LogP contribution in [0.2, 0.25) is 0 Å². The van der Waals surface area contributed by atoms with E-state index in [-0.39, 0.29) is 6.10 Å². The number of likely N-dealkylation sites (tertiary alicyclic amines) is 1. The van der Waals surface area contributed by atoms with Gasteiger partial charge in [0.2, 0.25) is 0 Å². The van der Waals surface area contributed by atoms with Crippen LogP contribution in [-0.2, 0) is 11.8 Å². The van der Waals surface area contributed by atoms with Gasteiger partial charge in [0.05, 0.1) is 24.2 Å². The molecule has 0 aromatic heterocycles. The van der Waals surface area contributed by atoms with Gasteiger partial charge < -0.3 is 19.7 Å². The lowest BCUT2D eigenvalue weighted by Gasteiger charge is -2.55. The van der Waals surface area contributed by atoms with Gasteiger partial charge in [0, 0.05) is 12.0 Å². The van der Waals surface area contributed by atoms with Crippen LogP contribution in [-0.4, -0.2) is 59.7 Å². The fraction of sp³-hybridized carbons (Fsp3) is 0.556. The van der Waals surface area contributed by atoms with E-state index in [1.54, 1.807) is 13.2 Å². The first-order valence-corrected chi connectivity index (χ1v) is 8.20. The van der Waals surface area contributed by atoms with Gasteiger partial charge in [-0.15, -0.1) is 0 Å². The average Bonchev–Trinajstić information content (AvgIpc) is 3.06. The van der Waals surface area contributed by atoms with Crippen LogP contribution in [0.5, 0.6) is 11.5 Å². The minimum atomic E-state index is -0.676. The summed E-state index contributed by atoms with van der Waals surface area (Å²) < 4.78 is 11.8. The summed E-state index contributed by atoms with van der Waals surface area (Å²) in [5, 5.41) is 21.7. The standard InChI is InChI=1S/C18H21NO4/c1-19-8-7-17-14-10-3-4-12(22-2)15(14)23-16(17)11(20)5-6-18(17,19)13(21)9-10/h3-6,11,13,16,20-21H,7-9H2,1-2H3/t11-,13-,16-,17+,18-/m0/s1. The van der Waals surface area contributed by atoms with E-state index >= 15 is 0 Å². The summed E-state index contributed by atoms with van der Waals surface area (Å²) in [6.07, 6.45) is 3.69. The topological polar surface area (TPSA) is 62.2 Å². The highest BCUT2D eigenvalue weighted by Crippen LogP contribution is 2.65. The van der Waals surface area contributed by atoms with Gasteiger partial charge in [0.15, 0.2) is 11.5 Å². The van der Waals surface area contributed by atoms with Crippen molar-refractivity contribution in [3.05, 3.63) is 35.4 Å². The van der Waals surface area contributed by atoms with Crippen molar-refractivity contribution in [1.82, 2.24) is 4.90 Å². The van der Waals surface area contributed by atoms with E-state index in [0.29, 0.717) is 12.2 Å². The third-order valence-corrected chi connectivity index (χ3v) is 6.57. The number of likely N-dealkylation sites (N-methyl/N-ethyl adjacent to an activating group) is 1. The maximum atomic E-state index is 11.1. The molecule has 1 fully saturated rings. The third-order valence-electron chi connectivity index (χ3n) is 6.57. The molecule has 1 aromatic rings. The fourth-order valence-corrected chi connectivity index (χ4v) is 5.69. The Labute approximate surface area is 135 Å². The van der Waals surface area contributed by atoms with E-state index in [4.69, 9.17) is 9.47 Å². The van der Waals surface area contributed by atoms with Gasteiger partial charge >= 0.3 is 0 Å². The molecule has 2 aliphatic carbocycles. The van der Waals surface area contributed by atoms with Crippen LogP contribution in [0, 0.1) is 0 Å². The van der Waals surface area contributed by atoms with Crippen LogP contribution in [0.1, 0.15) is 17.5 Å². The SMILES string of the molecule is COc1ccc2c3c1O[C@H]1[C@@H](O)C=C[C@@]4([C@@H](O)C2)N(C)CC[C@@]314. The molecule has 2 heterocycles. The molecule has 0 radical (unpaired) electrons. The molecule has 4 aliphatic rings. The molecule has 23 heavy (non-hydrogen) atoms. The molecule has 5 rings (SSSR count). The summed E-state index contributed by atoms with van der Waals surface area (Å²) in [6.45, 7) is 0.865. The second-order valence-electron chi connectivity index (χ2n) is 7.21. The number of hydrogen-bond acceptors (Lipinski definition) is 5. The number of rotatable bonds is 1. The number of benzene rings is 1. The summed E-state index contributed by atoms with van der Waals surface area (Å²) in [4.78, 5) is 2.23. The number of hydrogen-bond donors (Lipinski definition) is 2. The summed E-state index contributed by atoms with van der Waals surface area (Å²) in [7, 11) is 3.70. The van der Waals surface area contributed by atoms with Crippen LogP contribution in [0.4, 0.5) is 0 Å². The first-order valence-electron chi connectivity index (χ1n) is 8.20. The largest absolute Gasteiger partial charge is 0.493 e. The summed E-state index contributed by atoms with van der Waals surface area (Å²) in [5.74, 6) is 1.46. The van der Waals surface area contributed by atoms with Gasteiger partial charge in [-0.05, 0) is 31.6 Å². The fourth-order valence-electron chi connectivity index (χ4n) is 5.69. The highest BCUT2D eigenvalue weighted by molar-refractivity contribution is 5.65. The molecule has 0 saturated carbocycles. The lowest BCUT2D eigenvalue weighted by Crippen LogP contribution is -2.70. The summed E-state index contributed by atoms with van der Waals surface area (Å²) >= 11 is 0. The van der Waals surface area contributed by atoms with Crippen LogP contribution >= 0.6 is 0 Å². The minimum absolute atomic E-state index is 0.377. The van der Waals surface area contributed by atoms with Crippen molar-refractivity contribution in [2.24, 2.45) is 0 Å². The molecule has 1 saturated heterocycles. The lowest BCUT2D eigenvalue weighted by atomic mass is 9.53. The van der Waals surface area contributed by atoms with Crippen LogP contribution in [0.3, 0.4) is 0 Å². The van der Waals surface area contributed by atoms with Crippen LogP contribution in [0.15, 0.2) is 24.3 Å². The quantitative estimate of drug-likeness (QED) is 0.744. The maximum absolute atomic E-state index is 11.1. The first kappa shape index (κ1) is 13.8. The smallest absolute Gasteiger partial charge is 0.166 e. The molecule has 5 heteroatoms. The molecule has 0 bridgehead atoms. The average molecular weight is 315 g/mol. The van der Waals surface area contributed by atoms with E-state index in [0.717, 1.165) is 29.8 Å². The number of ether oxygens (including phenoxy) is 2. The molecule has 1 aromatic carbocycles. The third kappa shape index (κ3) is 1.25. The molecule has 5 atom stereocenters. The van der Waals surface area contributed by atoms with Crippen molar-refractivity contribution in [3.8, 4) is 11.5 Å². The monoisotopic (exact) mass is 315 g/mol. The zero-order valence-corrected chi connectivity index (χ0v) is 13.3. The lowest BCUT2D eigenvalue weighted by molar-refractivity contribution is -0.0680. The Bertz CT molecular complexity index is 732. The van der Waals surface area contributed by atoms with Crippen molar-refractivity contribution in [1.29, 1.82) is 0 Å². The van der Waals surface area contributed by atoms with Gasteiger partial charge in [-0.2, -0.15) is 0 Å². The Hall–Kier alpha value is -1.56. The van der Waals surface area contributed by atoms with E-state index in [1.165, 1.54) is 0 Å². The van der Waals surface area contributed by atoms with Crippen molar-refractivity contribution in [2.75, 3.05) is 20.7 Å². The predicted octanol–water partition coefficient (Wildman–Crippen LogP) is 0.616. The summed E-state index contributed by atoms with van der Waals surface area (Å²) in [5.41, 5.74) is 1.33. The van der Waals surface area contributed by atoms with Gasteiger partial charge in [-0.25, -0.2) is 0 Å². The molecule has 2 N–H and O–H groups in total. The summed E-state index contributed by atoms with van der Waals surface area (Å²) in [6, 6.07) is 3.94. The highest BCUT2D eigenvalue weighted by atomic mass is 16.5. The number of aliphatic hydroxyl groups excluding tert-OH is 2.